The second-order valence-corrected chi connectivity index (χ2v) is 8.32. The van der Waals surface area contributed by atoms with Crippen LogP contribution in [0.5, 0.6) is 0 Å². The molecule has 0 bridgehead atoms. The average Bonchev–Trinajstić information content (AvgIpc) is 3.46. The first-order chi connectivity index (χ1) is 16.2. The Hall–Kier alpha value is -3.96. The maximum Gasteiger partial charge on any atom is 0.252 e. The first-order valence-electron chi connectivity index (χ1n) is 11.0. The number of hydrogen-bond donors (Lipinski definition) is 2. The summed E-state index contributed by atoms with van der Waals surface area (Å²) < 4.78 is 5.57. The van der Waals surface area contributed by atoms with Gasteiger partial charge in [0.25, 0.3) is 5.91 Å². The Balaban J connectivity index is 1.24. The summed E-state index contributed by atoms with van der Waals surface area (Å²) in [5.74, 6) is 1.53. The molecule has 2 aromatic carbocycles. The van der Waals surface area contributed by atoms with Crippen LogP contribution >= 0.6 is 0 Å². The molecule has 0 spiro atoms. The van der Waals surface area contributed by atoms with Gasteiger partial charge in [-0.2, -0.15) is 5.26 Å². The number of anilines is 3. The first kappa shape index (κ1) is 20.9. The molecule has 166 valence electrons. The zero-order chi connectivity index (χ0) is 22.6. The normalized spacial score (nSPS) is 19.1. The molecule has 3 heterocycles. The Labute approximate surface area is 192 Å². The lowest BCUT2D eigenvalue weighted by Crippen LogP contribution is -2.23. The molecule has 8 nitrogen and oxygen atoms in total. The van der Waals surface area contributed by atoms with Gasteiger partial charge in [0.1, 0.15) is 6.54 Å². The first-order valence-corrected chi connectivity index (χ1v) is 11.0. The summed E-state index contributed by atoms with van der Waals surface area (Å²) in [6, 6.07) is 19.2. The van der Waals surface area contributed by atoms with E-state index in [1.54, 1.807) is 18.3 Å². The number of nitrogens with zero attached hydrogens (tertiary/aromatic N) is 4. The molecule has 3 aromatic rings. The van der Waals surface area contributed by atoms with E-state index in [-0.39, 0.29) is 12.5 Å². The smallest absolute Gasteiger partial charge is 0.252 e. The van der Waals surface area contributed by atoms with Crippen LogP contribution in [0.3, 0.4) is 0 Å². The highest BCUT2D eigenvalue weighted by molar-refractivity contribution is 5.94. The second kappa shape index (κ2) is 9.27. The molecule has 2 saturated heterocycles. The highest BCUT2D eigenvalue weighted by Crippen LogP contribution is 2.33. The van der Waals surface area contributed by atoms with E-state index < -0.39 is 0 Å². The highest BCUT2D eigenvalue weighted by atomic mass is 16.5. The minimum atomic E-state index is -0.276. The minimum Gasteiger partial charge on any atom is -0.381 e. The quantitative estimate of drug-likeness (QED) is 0.567. The van der Waals surface area contributed by atoms with Gasteiger partial charge in [0.2, 0.25) is 5.95 Å². The molecule has 33 heavy (non-hydrogen) atoms. The Morgan fingerprint density at radius 3 is 2.48 bits per heavy atom. The van der Waals surface area contributed by atoms with E-state index in [0.29, 0.717) is 23.3 Å². The molecule has 1 amide bonds. The summed E-state index contributed by atoms with van der Waals surface area (Å²) >= 11 is 0. The fraction of sp³-hybridized carbons (Fsp3) is 0.280. The molecule has 2 atom stereocenters. The van der Waals surface area contributed by atoms with Gasteiger partial charge in [-0.25, -0.2) is 9.97 Å². The van der Waals surface area contributed by atoms with E-state index in [4.69, 9.17) is 10.00 Å². The number of rotatable bonds is 6. The SMILES string of the molecule is N#CCNC(=O)c1ccc(-c2ccnc(Nc3ccc(N4CC5COCC5C4)cc3)n2)cc1. The number of carbonyl (C=O) groups is 1. The van der Waals surface area contributed by atoms with Crippen molar-refractivity contribution in [2.45, 2.75) is 0 Å². The second-order valence-electron chi connectivity index (χ2n) is 8.32. The van der Waals surface area contributed by atoms with Gasteiger partial charge in [-0.15, -0.1) is 0 Å². The average molecular weight is 441 g/mol. The summed E-state index contributed by atoms with van der Waals surface area (Å²) in [6.45, 7) is 3.86. The van der Waals surface area contributed by atoms with E-state index >= 15 is 0 Å². The van der Waals surface area contributed by atoms with Crippen molar-refractivity contribution < 1.29 is 9.53 Å². The summed E-state index contributed by atoms with van der Waals surface area (Å²) in [5.41, 5.74) is 4.26. The van der Waals surface area contributed by atoms with E-state index in [9.17, 15) is 4.79 Å². The van der Waals surface area contributed by atoms with E-state index in [2.05, 4.69) is 37.6 Å². The van der Waals surface area contributed by atoms with Crippen LogP contribution in [0.15, 0.2) is 60.8 Å². The number of benzene rings is 2. The van der Waals surface area contributed by atoms with Crippen molar-refractivity contribution in [1.29, 1.82) is 5.26 Å². The van der Waals surface area contributed by atoms with Gasteiger partial charge in [-0.1, -0.05) is 12.1 Å². The van der Waals surface area contributed by atoms with Gasteiger partial charge in [0, 0.05) is 53.6 Å². The number of nitrogens with one attached hydrogen (secondary N) is 2. The lowest BCUT2D eigenvalue weighted by Gasteiger charge is -2.20. The monoisotopic (exact) mass is 440 g/mol. The molecule has 1 aromatic heterocycles. The van der Waals surface area contributed by atoms with Crippen molar-refractivity contribution in [1.82, 2.24) is 15.3 Å². The maximum absolute atomic E-state index is 12.0. The number of ether oxygens (including phenoxy) is 1. The Kier molecular flexibility index (Phi) is 5.87. The third kappa shape index (κ3) is 4.64. The van der Waals surface area contributed by atoms with E-state index in [1.807, 2.05) is 36.4 Å². The zero-order valence-electron chi connectivity index (χ0n) is 18.1. The van der Waals surface area contributed by atoms with Crippen LogP contribution in [-0.2, 0) is 4.74 Å². The van der Waals surface area contributed by atoms with Crippen LogP contribution in [0.1, 0.15) is 10.4 Å². The molecule has 0 saturated carbocycles. The number of carbonyl (C=O) groups excluding carboxylic acids is 1. The fourth-order valence-corrected chi connectivity index (χ4v) is 4.38. The van der Waals surface area contributed by atoms with Crippen molar-refractivity contribution in [2.75, 3.05) is 43.1 Å². The van der Waals surface area contributed by atoms with Crippen LogP contribution in [-0.4, -0.2) is 48.7 Å². The van der Waals surface area contributed by atoms with Crippen molar-refractivity contribution in [3.8, 4) is 17.3 Å². The molecule has 5 rings (SSSR count). The van der Waals surface area contributed by atoms with Crippen molar-refractivity contribution in [2.24, 2.45) is 11.8 Å². The maximum atomic E-state index is 12.0. The van der Waals surface area contributed by atoms with Gasteiger partial charge < -0.3 is 20.3 Å². The summed E-state index contributed by atoms with van der Waals surface area (Å²) in [5, 5.41) is 14.4. The molecule has 8 heteroatoms. The largest absolute Gasteiger partial charge is 0.381 e. The zero-order valence-corrected chi connectivity index (χ0v) is 18.1. The molecule has 0 radical (unpaired) electrons. The third-order valence-corrected chi connectivity index (χ3v) is 6.16. The molecule has 2 aliphatic rings. The van der Waals surface area contributed by atoms with Crippen LogP contribution in [0, 0.1) is 23.2 Å². The van der Waals surface area contributed by atoms with Crippen LogP contribution in [0.25, 0.3) is 11.3 Å². The summed E-state index contributed by atoms with van der Waals surface area (Å²) in [4.78, 5) is 23.3. The van der Waals surface area contributed by atoms with Crippen LogP contribution in [0.4, 0.5) is 17.3 Å². The third-order valence-electron chi connectivity index (χ3n) is 6.16. The standard InChI is InChI=1S/C25H24N6O2/c26-10-12-27-24(32)18-3-1-17(2-4-18)23-9-11-28-25(30-23)29-21-5-7-22(8-6-21)31-13-19-15-33-16-20(19)14-31/h1-9,11,19-20H,12-16H2,(H,27,32)(H,28,29,30). The topological polar surface area (TPSA) is 103 Å². The predicted molar refractivity (Wildman–Crippen MR) is 125 cm³/mol. The van der Waals surface area contributed by atoms with E-state index in [1.165, 1.54) is 5.69 Å². The minimum absolute atomic E-state index is 0.0173. The molecule has 2 N–H and O–H groups in total. The molecule has 0 aliphatic carbocycles. The van der Waals surface area contributed by atoms with Gasteiger partial charge >= 0.3 is 0 Å². The van der Waals surface area contributed by atoms with Gasteiger partial charge in [-0.3, -0.25) is 4.79 Å². The van der Waals surface area contributed by atoms with Gasteiger partial charge in [0.05, 0.1) is 25.0 Å². The lowest BCUT2D eigenvalue weighted by molar-refractivity contribution is 0.0958. The fourth-order valence-electron chi connectivity index (χ4n) is 4.38. The van der Waals surface area contributed by atoms with Crippen molar-refractivity contribution >= 4 is 23.2 Å². The molecule has 2 aliphatic heterocycles. The molecular weight excluding hydrogens is 416 g/mol. The van der Waals surface area contributed by atoms with Crippen molar-refractivity contribution in [3.05, 3.63) is 66.4 Å². The molecular formula is C25H24N6O2. The Morgan fingerprint density at radius 1 is 1.06 bits per heavy atom. The van der Waals surface area contributed by atoms with Gasteiger partial charge in [-0.05, 0) is 42.5 Å². The number of aromatic nitrogens is 2. The van der Waals surface area contributed by atoms with Crippen molar-refractivity contribution in [3.63, 3.8) is 0 Å². The molecule has 2 unspecified atom stereocenters. The van der Waals surface area contributed by atoms with Crippen LogP contribution < -0.4 is 15.5 Å². The Morgan fingerprint density at radius 2 is 1.79 bits per heavy atom. The summed E-state index contributed by atoms with van der Waals surface area (Å²) in [7, 11) is 0. The predicted octanol–water partition coefficient (Wildman–Crippen LogP) is 3.22. The van der Waals surface area contributed by atoms with E-state index in [0.717, 1.165) is 43.2 Å². The Bertz CT molecular complexity index is 1160. The highest BCUT2D eigenvalue weighted by Gasteiger charge is 2.37. The number of fused-ring (bicyclic) bond motifs is 1. The number of hydrogen-bond acceptors (Lipinski definition) is 7. The number of nitriles is 1. The lowest BCUT2D eigenvalue weighted by atomic mass is 10.0. The summed E-state index contributed by atoms with van der Waals surface area (Å²) in [6.07, 6.45) is 1.71. The van der Waals surface area contributed by atoms with Gasteiger partial charge in [0.15, 0.2) is 0 Å². The van der Waals surface area contributed by atoms with Crippen LogP contribution in [0.2, 0.25) is 0 Å². The number of amides is 1. The molecule has 2 fully saturated rings.